The first-order valence-corrected chi connectivity index (χ1v) is 8.35. The normalized spacial score (nSPS) is 14.1. The van der Waals surface area contributed by atoms with Gasteiger partial charge in [0.2, 0.25) is 0 Å². The van der Waals surface area contributed by atoms with Crippen molar-refractivity contribution in [2.75, 3.05) is 13.2 Å². The van der Waals surface area contributed by atoms with E-state index in [0.29, 0.717) is 24.5 Å². The lowest BCUT2D eigenvalue weighted by Crippen LogP contribution is -2.28. The van der Waals surface area contributed by atoms with Gasteiger partial charge in [0.15, 0.2) is 11.5 Å². The monoisotopic (exact) mass is 366 g/mol. The van der Waals surface area contributed by atoms with E-state index >= 15 is 0 Å². The van der Waals surface area contributed by atoms with Crippen molar-refractivity contribution in [3.05, 3.63) is 51.8 Å². The predicted octanol–water partition coefficient (Wildman–Crippen LogP) is 4.04. The minimum atomic E-state index is -0.261. The summed E-state index contributed by atoms with van der Waals surface area (Å²) in [6.45, 7) is 3.06. The fourth-order valence-corrected chi connectivity index (χ4v) is 2.75. The van der Waals surface area contributed by atoms with Gasteiger partial charge in [0.05, 0.1) is 16.6 Å². The molecule has 1 N–H and O–H groups in total. The minimum absolute atomic E-state index is 0.164. The molecule has 1 aromatic carbocycles. The molecular weight excluding hydrogens is 351 g/mol. The number of carbonyl (C=O) groups is 1. The van der Waals surface area contributed by atoms with Gasteiger partial charge in [-0.05, 0) is 30.2 Å². The van der Waals surface area contributed by atoms with Crippen LogP contribution < -0.4 is 14.8 Å². The lowest BCUT2D eigenvalue weighted by atomic mass is 10.0. The Kier molecular flexibility index (Phi) is 5.11. The molecule has 1 amide bonds. The number of nitrogens with zero attached hydrogens (tertiary/aromatic N) is 1. The van der Waals surface area contributed by atoms with Gasteiger partial charge in [0, 0.05) is 6.20 Å². The highest BCUT2D eigenvalue weighted by Crippen LogP contribution is 2.33. The van der Waals surface area contributed by atoms with Crippen LogP contribution in [0.2, 0.25) is 10.2 Å². The summed E-state index contributed by atoms with van der Waals surface area (Å²) < 4.78 is 11.1. The number of carbonyl (C=O) groups excluding carboxylic acids is 1. The van der Waals surface area contributed by atoms with Crippen LogP contribution in [0.1, 0.15) is 35.3 Å². The summed E-state index contributed by atoms with van der Waals surface area (Å²) in [4.78, 5) is 16.3. The highest BCUT2D eigenvalue weighted by atomic mass is 35.5. The van der Waals surface area contributed by atoms with E-state index in [1.807, 2.05) is 25.1 Å². The number of hydrogen-bond acceptors (Lipinski definition) is 4. The van der Waals surface area contributed by atoms with Crippen LogP contribution in [0.15, 0.2) is 30.5 Å². The average molecular weight is 367 g/mol. The first kappa shape index (κ1) is 16.9. The van der Waals surface area contributed by atoms with Crippen LogP contribution in [-0.2, 0) is 0 Å². The maximum Gasteiger partial charge on any atom is 0.253 e. The number of ether oxygens (including phenoxy) is 2. The summed E-state index contributed by atoms with van der Waals surface area (Å²) in [5.41, 5.74) is 1.31. The number of fused-ring (bicyclic) bond motifs is 1. The van der Waals surface area contributed by atoms with Gasteiger partial charge >= 0.3 is 0 Å². The maximum absolute atomic E-state index is 12.4. The summed E-state index contributed by atoms with van der Waals surface area (Å²) in [6.07, 6.45) is 2.13. The Hall–Kier alpha value is -1.98. The molecule has 1 unspecified atom stereocenters. The number of rotatable bonds is 4. The Morgan fingerprint density at radius 3 is 2.71 bits per heavy atom. The largest absolute Gasteiger partial charge is 0.486 e. The third-order valence-electron chi connectivity index (χ3n) is 3.74. The number of benzene rings is 1. The van der Waals surface area contributed by atoms with Crippen molar-refractivity contribution in [3.8, 4) is 11.5 Å². The van der Waals surface area contributed by atoms with Gasteiger partial charge in [-0.1, -0.05) is 36.2 Å². The van der Waals surface area contributed by atoms with Crippen LogP contribution >= 0.6 is 23.2 Å². The third-order valence-corrected chi connectivity index (χ3v) is 4.43. The molecule has 0 saturated heterocycles. The number of nitrogens with one attached hydrogen (secondary N) is 1. The lowest BCUT2D eigenvalue weighted by molar-refractivity contribution is 0.0935. The summed E-state index contributed by atoms with van der Waals surface area (Å²) in [5.74, 6) is 1.16. The number of pyridine rings is 1. The van der Waals surface area contributed by atoms with E-state index in [1.165, 1.54) is 12.3 Å². The SMILES string of the molecule is CCC(NC(=O)c1cnc(Cl)c(Cl)c1)c1ccc2c(c1)OCCO2. The molecule has 0 fully saturated rings. The van der Waals surface area contributed by atoms with Crippen molar-refractivity contribution in [2.24, 2.45) is 0 Å². The first-order chi connectivity index (χ1) is 11.6. The Bertz CT molecular complexity index is 767. The van der Waals surface area contributed by atoms with E-state index in [-0.39, 0.29) is 22.1 Å². The van der Waals surface area contributed by atoms with Crippen molar-refractivity contribution in [1.82, 2.24) is 10.3 Å². The highest BCUT2D eigenvalue weighted by molar-refractivity contribution is 6.41. The topological polar surface area (TPSA) is 60.5 Å². The van der Waals surface area contributed by atoms with E-state index in [2.05, 4.69) is 10.3 Å². The van der Waals surface area contributed by atoms with E-state index in [4.69, 9.17) is 32.7 Å². The standard InChI is InChI=1S/C17H16Cl2N2O3/c1-2-13(10-3-4-14-15(8-10)24-6-5-23-14)21-17(22)11-7-12(18)16(19)20-9-11/h3-4,7-9,13H,2,5-6H2,1H3,(H,21,22). The van der Waals surface area contributed by atoms with E-state index < -0.39 is 0 Å². The zero-order chi connectivity index (χ0) is 17.1. The van der Waals surface area contributed by atoms with Gasteiger partial charge in [-0.3, -0.25) is 4.79 Å². The van der Waals surface area contributed by atoms with Gasteiger partial charge < -0.3 is 14.8 Å². The number of halogens is 2. The molecule has 1 atom stereocenters. The Morgan fingerprint density at radius 1 is 1.25 bits per heavy atom. The lowest BCUT2D eigenvalue weighted by Gasteiger charge is -2.22. The van der Waals surface area contributed by atoms with Crippen LogP contribution in [-0.4, -0.2) is 24.1 Å². The molecule has 1 aromatic heterocycles. The van der Waals surface area contributed by atoms with Crippen molar-refractivity contribution in [1.29, 1.82) is 0 Å². The Labute approximate surface area is 149 Å². The van der Waals surface area contributed by atoms with Crippen molar-refractivity contribution >= 4 is 29.1 Å². The predicted molar refractivity (Wildman–Crippen MR) is 92.2 cm³/mol. The zero-order valence-electron chi connectivity index (χ0n) is 13.0. The molecule has 126 valence electrons. The summed E-state index contributed by atoms with van der Waals surface area (Å²) >= 11 is 11.7. The smallest absolute Gasteiger partial charge is 0.253 e. The number of hydrogen-bond donors (Lipinski definition) is 1. The molecule has 0 aliphatic carbocycles. The Morgan fingerprint density at radius 2 is 2.00 bits per heavy atom. The van der Waals surface area contributed by atoms with Crippen molar-refractivity contribution in [3.63, 3.8) is 0 Å². The second-order valence-corrected chi connectivity index (χ2v) is 6.10. The van der Waals surface area contributed by atoms with Crippen LogP contribution in [0.4, 0.5) is 0 Å². The number of aromatic nitrogens is 1. The van der Waals surface area contributed by atoms with Gasteiger partial charge in [0.1, 0.15) is 18.4 Å². The minimum Gasteiger partial charge on any atom is -0.486 e. The molecule has 3 rings (SSSR count). The summed E-state index contributed by atoms with van der Waals surface area (Å²) in [5, 5.41) is 3.40. The fraction of sp³-hybridized carbons (Fsp3) is 0.294. The molecule has 1 aliphatic heterocycles. The third kappa shape index (κ3) is 3.57. The fourth-order valence-electron chi connectivity index (χ4n) is 2.48. The molecule has 0 bridgehead atoms. The van der Waals surface area contributed by atoms with Crippen LogP contribution in [0.3, 0.4) is 0 Å². The van der Waals surface area contributed by atoms with E-state index in [1.54, 1.807) is 0 Å². The van der Waals surface area contributed by atoms with Crippen molar-refractivity contribution < 1.29 is 14.3 Å². The molecule has 0 spiro atoms. The van der Waals surface area contributed by atoms with Crippen LogP contribution in [0.5, 0.6) is 11.5 Å². The Balaban J connectivity index is 1.79. The van der Waals surface area contributed by atoms with Gasteiger partial charge in [-0.25, -0.2) is 4.98 Å². The molecule has 0 saturated carbocycles. The second-order valence-electron chi connectivity index (χ2n) is 5.33. The molecule has 24 heavy (non-hydrogen) atoms. The molecule has 1 aliphatic rings. The quantitative estimate of drug-likeness (QED) is 0.829. The van der Waals surface area contributed by atoms with Crippen LogP contribution in [0, 0.1) is 0 Å². The zero-order valence-corrected chi connectivity index (χ0v) is 14.5. The van der Waals surface area contributed by atoms with Gasteiger partial charge in [-0.15, -0.1) is 0 Å². The molecule has 0 radical (unpaired) electrons. The van der Waals surface area contributed by atoms with Crippen molar-refractivity contribution in [2.45, 2.75) is 19.4 Å². The molecular formula is C17H16Cl2N2O3. The summed E-state index contributed by atoms with van der Waals surface area (Å²) in [7, 11) is 0. The molecule has 5 nitrogen and oxygen atoms in total. The molecule has 7 heteroatoms. The van der Waals surface area contributed by atoms with Gasteiger partial charge in [0.25, 0.3) is 5.91 Å². The van der Waals surface area contributed by atoms with E-state index in [9.17, 15) is 4.79 Å². The molecule has 2 heterocycles. The first-order valence-electron chi connectivity index (χ1n) is 7.60. The van der Waals surface area contributed by atoms with E-state index in [0.717, 1.165) is 17.7 Å². The second kappa shape index (κ2) is 7.28. The van der Waals surface area contributed by atoms with Crippen LogP contribution in [0.25, 0.3) is 0 Å². The maximum atomic E-state index is 12.4. The highest BCUT2D eigenvalue weighted by Gasteiger charge is 2.19. The average Bonchev–Trinajstić information content (AvgIpc) is 2.61. The van der Waals surface area contributed by atoms with Gasteiger partial charge in [-0.2, -0.15) is 0 Å². The molecule has 2 aromatic rings. The number of amides is 1. The summed E-state index contributed by atoms with van der Waals surface area (Å²) in [6, 6.07) is 7.02.